The van der Waals surface area contributed by atoms with Crippen LogP contribution in [0, 0.1) is 5.92 Å². The smallest absolute Gasteiger partial charge is 0.341 e. The summed E-state index contributed by atoms with van der Waals surface area (Å²) in [5.41, 5.74) is 1.61. The molecule has 0 atom stereocenters. The topological polar surface area (TPSA) is 78.9 Å². The standard InChI is InChI=1S/C18H26N2O4S/c1-24-18(23)16-13-4-2-3-5-14(13)25-17(16)19-15(22)10-20-8-6-12(11-21)7-9-20/h12,21H,2-11H2,1H3,(H,19,22). The van der Waals surface area contributed by atoms with Crippen molar-refractivity contribution in [1.82, 2.24) is 4.90 Å². The van der Waals surface area contributed by atoms with E-state index in [1.165, 1.54) is 23.3 Å². The van der Waals surface area contributed by atoms with Gasteiger partial charge in [0.2, 0.25) is 5.91 Å². The van der Waals surface area contributed by atoms with Gasteiger partial charge in [0.15, 0.2) is 0 Å². The first-order chi connectivity index (χ1) is 12.1. The summed E-state index contributed by atoms with van der Waals surface area (Å²) in [6.45, 7) is 2.19. The number of anilines is 1. The lowest BCUT2D eigenvalue weighted by Crippen LogP contribution is -2.39. The number of ether oxygens (including phenoxy) is 1. The third-order valence-electron chi connectivity index (χ3n) is 5.15. The number of aryl methyl sites for hydroxylation is 1. The molecule has 25 heavy (non-hydrogen) atoms. The van der Waals surface area contributed by atoms with Crippen LogP contribution < -0.4 is 5.32 Å². The first-order valence-electron chi connectivity index (χ1n) is 8.98. The third kappa shape index (κ3) is 4.22. The van der Waals surface area contributed by atoms with Crippen LogP contribution in [0.25, 0.3) is 0 Å². The summed E-state index contributed by atoms with van der Waals surface area (Å²) in [6.07, 6.45) is 5.88. The molecule has 2 aliphatic rings. The monoisotopic (exact) mass is 366 g/mol. The van der Waals surface area contributed by atoms with Gasteiger partial charge >= 0.3 is 5.97 Å². The van der Waals surface area contributed by atoms with Crippen LogP contribution in [-0.2, 0) is 22.4 Å². The van der Waals surface area contributed by atoms with Crippen molar-refractivity contribution in [1.29, 1.82) is 0 Å². The van der Waals surface area contributed by atoms with Crippen molar-refractivity contribution < 1.29 is 19.4 Å². The first kappa shape index (κ1) is 18.4. The Balaban J connectivity index is 1.67. The normalized spacial score (nSPS) is 18.6. The van der Waals surface area contributed by atoms with Crippen LogP contribution in [0.15, 0.2) is 0 Å². The number of nitrogens with one attached hydrogen (secondary N) is 1. The molecular weight excluding hydrogens is 340 g/mol. The number of amides is 1. The second kappa shape index (κ2) is 8.29. The fraction of sp³-hybridized carbons (Fsp3) is 0.667. The number of rotatable bonds is 5. The summed E-state index contributed by atoms with van der Waals surface area (Å²) >= 11 is 1.52. The second-order valence-corrected chi connectivity index (χ2v) is 7.96. The highest BCUT2D eigenvalue weighted by Crippen LogP contribution is 2.38. The van der Waals surface area contributed by atoms with E-state index >= 15 is 0 Å². The lowest BCUT2D eigenvalue weighted by molar-refractivity contribution is -0.117. The minimum atomic E-state index is -0.363. The van der Waals surface area contributed by atoms with Crippen LogP contribution in [0.1, 0.15) is 46.5 Å². The number of thiophene rings is 1. The lowest BCUT2D eigenvalue weighted by atomic mass is 9.95. The molecule has 1 fully saturated rings. The number of carbonyl (C=O) groups excluding carboxylic acids is 2. The van der Waals surface area contributed by atoms with Gasteiger partial charge in [0, 0.05) is 11.5 Å². The molecule has 0 radical (unpaired) electrons. The highest BCUT2D eigenvalue weighted by molar-refractivity contribution is 7.17. The highest BCUT2D eigenvalue weighted by Gasteiger charge is 2.27. The van der Waals surface area contributed by atoms with Crippen LogP contribution in [0.5, 0.6) is 0 Å². The van der Waals surface area contributed by atoms with Gasteiger partial charge in [-0.25, -0.2) is 4.79 Å². The molecule has 1 aromatic rings. The van der Waals surface area contributed by atoms with Gasteiger partial charge in [0.05, 0.1) is 19.2 Å². The molecule has 0 unspecified atom stereocenters. The van der Waals surface area contributed by atoms with Crippen LogP contribution >= 0.6 is 11.3 Å². The number of nitrogens with zero attached hydrogens (tertiary/aromatic N) is 1. The predicted molar refractivity (Wildman–Crippen MR) is 97.2 cm³/mol. The van der Waals surface area contributed by atoms with Crippen LogP contribution in [-0.4, -0.2) is 55.2 Å². The number of carbonyl (C=O) groups is 2. The zero-order chi connectivity index (χ0) is 17.8. The number of likely N-dealkylation sites (tertiary alicyclic amines) is 1. The molecule has 6 nitrogen and oxygen atoms in total. The number of methoxy groups -OCH3 is 1. The number of fused-ring (bicyclic) bond motifs is 1. The quantitative estimate of drug-likeness (QED) is 0.780. The molecule has 1 aliphatic carbocycles. The van der Waals surface area contributed by atoms with Crippen molar-refractivity contribution in [3.8, 4) is 0 Å². The summed E-state index contributed by atoms with van der Waals surface area (Å²) in [5.74, 6) is -0.0982. The summed E-state index contributed by atoms with van der Waals surface area (Å²) < 4.78 is 4.94. The Labute approximate surface area is 152 Å². The molecule has 1 saturated heterocycles. The Kier molecular flexibility index (Phi) is 6.09. The maximum atomic E-state index is 12.5. The summed E-state index contributed by atoms with van der Waals surface area (Å²) in [6, 6.07) is 0. The van der Waals surface area contributed by atoms with Crippen molar-refractivity contribution in [2.45, 2.75) is 38.5 Å². The minimum Gasteiger partial charge on any atom is -0.465 e. The van der Waals surface area contributed by atoms with E-state index in [1.54, 1.807) is 0 Å². The van der Waals surface area contributed by atoms with Gasteiger partial charge in [-0.2, -0.15) is 0 Å². The Morgan fingerprint density at radius 1 is 1.28 bits per heavy atom. The van der Waals surface area contributed by atoms with Gasteiger partial charge in [0.1, 0.15) is 5.00 Å². The van der Waals surface area contributed by atoms with Crippen molar-refractivity contribution in [3.05, 3.63) is 16.0 Å². The first-order valence-corrected chi connectivity index (χ1v) is 9.80. The SMILES string of the molecule is COC(=O)c1c(NC(=O)CN2CCC(CO)CC2)sc2c1CCCC2. The van der Waals surface area contributed by atoms with Crippen molar-refractivity contribution in [2.24, 2.45) is 5.92 Å². The molecule has 0 aromatic carbocycles. The molecule has 2 heterocycles. The van der Waals surface area contributed by atoms with E-state index in [4.69, 9.17) is 4.74 Å². The van der Waals surface area contributed by atoms with Gasteiger partial charge in [-0.05, 0) is 63.1 Å². The molecule has 7 heteroatoms. The molecule has 0 spiro atoms. The van der Waals surface area contributed by atoms with E-state index in [1.807, 2.05) is 0 Å². The van der Waals surface area contributed by atoms with Crippen molar-refractivity contribution in [2.75, 3.05) is 38.7 Å². The molecule has 0 saturated carbocycles. The average molecular weight is 366 g/mol. The molecule has 1 aromatic heterocycles. The number of esters is 1. The van der Waals surface area contributed by atoms with Crippen molar-refractivity contribution >= 4 is 28.2 Å². The maximum Gasteiger partial charge on any atom is 0.341 e. The van der Waals surface area contributed by atoms with E-state index in [0.29, 0.717) is 23.0 Å². The zero-order valence-corrected chi connectivity index (χ0v) is 15.5. The fourth-order valence-corrected chi connectivity index (χ4v) is 4.96. The minimum absolute atomic E-state index is 0.0915. The summed E-state index contributed by atoms with van der Waals surface area (Å²) in [5, 5.41) is 12.8. The molecule has 3 rings (SSSR count). The molecule has 138 valence electrons. The number of hydrogen-bond donors (Lipinski definition) is 2. The third-order valence-corrected chi connectivity index (χ3v) is 6.35. The Bertz CT molecular complexity index is 635. The second-order valence-electron chi connectivity index (χ2n) is 6.86. The van der Waals surface area contributed by atoms with Crippen LogP contribution in [0.2, 0.25) is 0 Å². The van der Waals surface area contributed by atoms with E-state index in [-0.39, 0.29) is 18.5 Å². The highest BCUT2D eigenvalue weighted by atomic mass is 32.1. The van der Waals surface area contributed by atoms with Gasteiger partial charge in [-0.3, -0.25) is 9.69 Å². The number of aliphatic hydroxyl groups is 1. The van der Waals surface area contributed by atoms with E-state index in [2.05, 4.69) is 10.2 Å². The van der Waals surface area contributed by atoms with Crippen LogP contribution in [0.3, 0.4) is 0 Å². The van der Waals surface area contributed by atoms with Gasteiger partial charge in [0.25, 0.3) is 0 Å². The zero-order valence-electron chi connectivity index (χ0n) is 14.7. The van der Waals surface area contributed by atoms with Gasteiger partial charge in [-0.15, -0.1) is 11.3 Å². The Morgan fingerprint density at radius 2 is 2.00 bits per heavy atom. The van der Waals surface area contributed by atoms with E-state index < -0.39 is 0 Å². The van der Waals surface area contributed by atoms with Crippen molar-refractivity contribution in [3.63, 3.8) is 0 Å². The number of aliphatic hydroxyl groups excluding tert-OH is 1. The molecule has 2 N–H and O–H groups in total. The maximum absolute atomic E-state index is 12.5. The average Bonchev–Trinajstić information content (AvgIpc) is 2.99. The largest absolute Gasteiger partial charge is 0.465 e. The number of piperidine rings is 1. The molecule has 1 aliphatic heterocycles. The Hall–Kier alpha value is -1.44. The fourth-order valence-electron chi connectivity index (χ4n) is 3.67. The molecular formula is C18H26N2O4S. The van der Waals surface area contributed by atoms with Gasteiger partial charge < -0.3 is 15.2 Å². The van der Waals surface area contributed by atoms with Crippen LogP contribution in [0.4, 0.5) is 5.00 Å². The summed E-state index contributed by atoms with van der Waals surface area (Å²) in [4.78, 5) is 28.0. The molecule has 0 bridgehead atoms. The van der Waals surface area contributed by atoms with Gasteiger partial charge in [-0.1, -0.05) is 0 Å². The predicted octanol–water partition coefficient (Wildman–Crippen LogP) is 2.06. The molecule has 1 amide bonds. The lowest BCUT2D eigenvalue weighted by Gasteiger charge is -2.30. The number of hydrogen-bond acceptors (Lipinski definition) is 6. The Morgan fingerprint density at radius 3 is 2.68 bits per heavy atom. The van der Waals surface area contributed by atoms with E-state index in [9.17, 15) is 14.7 Å². The van der Waals surface area contributed by atoms with E-state index in [0.717, 1.165) is 57.2 Å². The summed E-state index contributed by atoms with van der Waals surface area (Å²) in [7, 11) is 1.38.